The van der Waals surface area contributed by atoms with E-state index in [1.807, 2.05) is 0 Å². The van der Waals surface area contributed by atoms with E-state index in [0.29, 0.717) is 5.57 Å². The Balaban J connectivity index is 3.80. The molecule has 0 aliphatic rings. The largest absolute Gasteiger partial charge is 0.504 e. The summed E-state index contributed by atoms with van der Waals surface area (Å²) < 4.78 is 4.50. The number of carbonyl (C=O) groups is 1. The molecule has 0 fully saturated rings. The van der Waals surface area contributed by atoms with Crippen LogP contribution in [-0.4, -0.2) is 13.0 Å². The fourth-order valence-electron chi connectivity index (χ4n) is 0.235. The quantitative estimate of drug-likeness (QED) is 0.407. The van der Waals surface area contributed by atoms with Gasteiger partial charge in [0, 0.05) is 5.57 Å². The molecule has 0 aliphatic carbocycles. The van der Waals surface area contributed by atoms with Gasteiger partial charge in [-0.05, 0) is 6.92 Å². The van der Waals surface area contributed by atoms with Crippen LogP contribution in [0, 0.1) is 0 Å². The van der Waals surface area contributed by atoms with E-state index in [9.17, 15) is 4.79 Å². The van der Waals surface area contributed by atoms with Gasteiger partial charge in [0.05, 0.1) is 13.4 Å². The molecule has 0 radical (unpaired) electrons. The van der Waals surface area contributed by atoms with Crippen LogP contribution in [0.5, 0.6) is 0 Å². The third-order valence-electron chi connectivity index (χ3n) is 0.683. The number of primary amides is 1. The molecule has 1 amide bonds. The Morgan fingerprint density at radius 2 is 2.25 bits per heavy atom. The van der Waals surface area contributed by atoms with Crippen molar-refractivity contribution in [3.05, 3.63) is 11.8 Å². The van der Waals surface area contributed by atoms with Crippen molar-refractivity contribution in [1.82, 2.24) is 0 Å². The molecule has 2 N–H and O–H groups in total. The zero-order valence-electron chi connectivity index (χ0n) is 4.97. The zero-order chi connectivity index (χ0) is 6.57. The van der Waals surface area contributed by atoms with Crippen molar-refractivity contribution < 1.29 is 9.53 Å². The molecular weight excluding hydrogens is 106 g/mol. The molecule has 0 saturated carbocycles. The van der Waals surface area contributed by atoms with Gasteiger partial charge in [-0.15, -0.1) is 0 Å². The smallest absolute Gasteiger partial charge is 0.247 e. The normalized spacial score (nSPS) is 11.0. The molecule has 0 unspecified atom stereocenters. The second kappa shape index (κ2) is 3.07. The summed E-state index contributed by atoms with van der Waals surface area (Å²) in [5, 5.41) is 0. The Bertz CT molecular complexity index is 118. The van der Waals surface area contributed by atoms with Crippen molar-refractivity contribution in [2.45, 2.75) is 6.92 Å². The summed E-state index contributed by atoms with van der Waals surface area (Å²) in [5.74, 6) is -0.452. The highest BCUT2D eigenvalue weighted by Crippen LogP contribution is 1.87. The lowest BCUT2D eigenvalue weighted by molar-refractivity contribution is -0.114. The van der Waals surface area contributed by atoms with Gasteiger partial charge in [-0.2, -0.15) is 0 Å². The minimum atomic E-state index is -0.452. The van der Waals surface area contributed by atoms with Crippen LogP contribution >= 0.6 is 0 Å². The van der Waals surface area contributed by atoms with E-state index in [0.717, 1.165) is 0 Å². The standard InChI is InChI=1S/C5H9NO2/c1-4(3-8-2)5(6)7/h3H,1-2H3,(H2,6,7). The number of carbonyl (C=O) groups excluding carboxylic acids is 1. The van der Waals surface area contributed by atoms with Crippen molar-refractivity contribution in [3.8, 4) is 0 Å². The van der Waals surface area contributed by atoms with E-state index in [-0.39, 0.29) is 0 Å². The van der Waals surface area contributed by atoms with Crippen molar-refractivity contribution in [2.24, 2.45) is 5.73 Å². The van der Waals surface area contributed by atoms with E-state index in [1.54, 1.807) is 6.92 Å². The third-order valence-corrected chi connectivity index (χ3v) is 0.683. The lowest BCUT2D eigenvalue weighted by atomic mass is 10.3. The Hall–Kier alpha value is -0.990. The van der Waals surface area contributed by atoms with Crippen LogP contribution in [-0.2, 0) is 9.53 Å². The summed E-state index contributed by atoms with van der Waals surface area (Å²) in [7, 11) is 1.46. The maximum atomic E-state index is 10.2. The van der Waals surface area contributed by atoms with E-state index in [4.69, 9.17) is 5.73 Å². The third kappa shape index (κ3) is 2.23. The molecule has 8 heavy (non-hydrogen) atoms. The SMILES string of the molecule is COC=C(C)C(N)=O. The first-order valence-corrected chi connectivity index (χ1v) is 2.18. The summed E-state index contributed by atoms with van der Waals surface area (Å²) in [6.45, 7) is 1.59. The average molecular weight is 115 g/mol. The topological polar surface area (TPSA) is 52.3 Å². The summed E-state index contributed by atoms with van der Waals surface area (Å²) in [6, 6.07) is 0. The van der Waals surface area contributed by atoms with Gasteiger partial charge < -0.3 is 10.5 Å². The predicted molar refractivity (Wildman–Crippen MR) is 30.0 cm³/mol. The Kier molecular flexibility index (Phi) is 2.69. The number of nitrogens with two attached hydrogens (primary N) is 1. The zero-order valence-corrected chi connectivity index (χ0v) is 4.97. The van der Waals surface area contributed by atoms with Gasteiger partial charge in [0.15, 0.2) is 0 Å². The second-order valence-corrected chi connectivity index (χ2v) is 1.40. The summed E-state index contributed by atoms with van der Waals surface area (Å²) in [5.41, 5.74) is 5.26. The summed E-state index contributed by atoms with van der Waals surface area (Å²) >= 11 is 0. The monoisotopic (exact) mass is 115 g/mol. The fraction of sp³-hybridized carbons (Fsp3) is 0.400. The highest BCUT2D eigenvalue weighted by molar-refractivity contribution is 5.90. The van der Waals surface area contributed by atoms with E-state index in [2.05, 4.69) is 4.74 Å². The first kappa shape index (κ1) is 7.01. The van der Waals surface area contributed by atoms with E-state index >= 15 is 0 Å². The minimum Gasteiger partial charge on any atom is -0.504 e. The molecule has 0 bridgehead atoms. The van der Waals surface area contributed by atoms with Crippen molar-refractivity contribution in [2.75, 3.05) is 7.11 Å². The van der Waals surface area contributed by atoms with Crippen LogP contribution in [0.15, 0.2) is 11.8 Å². The number of hydrogen-bond acceptors (Lipinski definition) is 2. The van der Waals surface area contributed by atoms with Crippen LogP contribution in [0.3, 0.4) is 0 Å². The molecule has 0 aromatic carbocycles. The molecule has 0 atom stereocenters. The van der Waals surface area contributed by atoms with E-state index < -0.39 is 5.91 Å². The van der Waals surface area contributed by atoms with Gasteiger partial charge in [0.25, 0.3) is 0 Å². The molecule has 0 heterocycles. The van der Waals surface area contributed by atoms with Crippen molar-refractivity contribution >= 4 is 5.91 Å². The molecule has 46 valence electrons. The molecule has 3 heteroatoms. The molecule has 0 spiro atoms. The van der Waals surface area contributed by atoms with Gasteiger partial charge in [-0.1, -0.05) is 0 Å². The predicted octanol–water partition coefficient (Wildman–Crippen LogP) is 0.0219. The lowest BCUT2D eigenvalue weighted by Crippen LogP contribution is -2.11. The molecule has 0 rings (SSSR count). The first-order valence-electron chi connectivity index (χ1n) is 2.18. The molecule has 0 aromatic heterocycles. The van der Waals surface area contributed by atoms with Gasteiger partial charge in [0.2, 0.25) is 5.91 Å². The number of methoxy groups -OCH3 is 1. The number of amides is 1. The van der Waals surface area contributed by atoms with Gasteiger partial charge in [0.1, 0.15) is 0 Å². The fourth-order valence-corrected chi connectivity index (χ4v) is 0.235. The highest BCUT2D eigenvalue weighted by atomic mass is 16.5. The maximum Gasteiger partial charge on any atom is 0.247 e. The number of ether oxygens (including phenoxy) is 1. The van der Waals surface area contributed by atoms with Crippen LogP contribution in [0.4, 0.5) is 0 Å². The Morgan fingerprint density at radius 1 is 1.75 bits per heavy atom. The van der Waals surface area contributed by atoms with Crippen molar-refractivity contribution in [1.29, 1.82) is 0 Å². The molecule has 0 saturated heterocycles. The Labute approximate surface area is 48.1 Å². The summed E-state index contributed by atoms with van der Waals surface area (Å²) in [6.07, 6.45) is 1.31. The minimum absolute atomic E-state index is 0.424. The first-order chi connectivity index (χ1) is 3.68. The van der Waals surface area contributed by atoms with Crippen LogP contribution < -0.4 is 5.73 Å². The maximum absolute atomic E-state index is 10.2. The molecule has 0 aliphatic heterocycles. The summed E-state index contributed by atoms with van der Waals surface area (Å²) in [4.78, 5) is 10.2. The average Bonchev–Trinajstić information content (AvgIpc) is 1.67. The van der Waals surface area contributed by atoms with E-state index in [1.165, 1.54) is 13.4 Å². The number of hydrogen-bond donors (Lipinski definition) is 1. The second-order valence-electron chi connectivity index (χ2n) is 1.40. The highest BCUT2D eigenvalue weighted by Gasteiger charge is 1.93. The van der Waals surface area contributed by atoms with Gasteiger partial charge in [-0.25, -0.2) is 0 Å². The number of rotatable bonds is 2. The van der Waals surface area contributed by atoms with Crippen LogP contribution in [0.2, 0.25) is 0 Å². The van der Waals surface area contributed by atoms with Crippen LogP contribution in [0.25, 0.3) is 0 Å². The van der Waals surface area contributed by atoms with Crippen LogP contribution in [0.1, 0.15) is 6.92 Å². The molecule has 0 aromatic rings. The van der Waals surface area contributed by atoms with Gasteiger partial charge >= 0.3 is 0 Å². The Morgan fingerprint density at radius 3 is 2.38 bits per heavy atom. The molecular formula is C5H9NO2. The van der Waals surface area contributed by atoms with Gasteiger partial charge in [-0.3, -0.25) is 4.79 Å². The lowest BCUT2D eigenvalue weighted by Gasteiger charge is -1.90. The molecule has 3 nitrogen and oxygen atoms in total. The van der Waals surface area contributed by atoms with Crippen molar-refractivity contribution in [3.63, 3.8) is 0 Å².